The van der Waals surface area contributed by atoms with Crippen LogP contribution in [0, 0.1) is 11.8 Å². The number of rotatable bonds is 5. The Bertz CT molecular complexity index is 517. The third-order valence-electron chi connectivity index (χ3n) is 4.05. The lowest BCUT2D eigenvalue weighted by molar-refractivity contribution is -0.117. The number of anilines is 1. The van der Waals surface area contributed by atoms with Gasteiger partial charge in [-0.1, -0.05) is 6.92 Å². The number of nitrogens with one attached hydrogen (secondary N) is 1. The molecule has 2 heterocycles. The molecule has 0 aromatic carbocycles. The van der Waals surface area contributed by atoms with E-state index in [-0.39, 0.29) is 5.91 Å². The fourth-order valence-electron chi connectivity index (χ4n) is 2.64. The fourth-order valence-corrected chi connectivity index (χ4v) is 3.45. The van der Waals surface area contributed by atoms with Gasteiger partial charge in [0.1, 0.15) is 5.00 Å². The van der Waals surface area contributed by atoms with Crippen molar-refractivity contribution in [1.82, 2.24) is 4.90 Å². The van der Waals surface area contributed by atoms with Gasteiger partial charge in [0.05, 0.1) is 12.1 Å². The third-order valence-corrected chi connectivity index (χ3v) is 4.88. The number of likely N-dealkylation sites (tertiary alicyclic amines) is 1. The Morgan fingerprint density at radius 1 is 1.52 bits per heavy atom. The summed E-state index contributed by atoms with van der Waals surface area (Å²) in [4.78, 5) is 25.4. The van der Waals surface area contributed by atoms with E-state index in [1.54, 1.807) is 11.4 Å². The predicted molar refractivity (Wildman–Crippen MR) is 84.2 cm³/mol. The Hall–Kier alpha value is -1.44. The van der Waals surface area contributed by atoms with E-state index in [2.05, 4.69) is 17.1 Å². The maximum atomic E-state index is 12.1. The van der Waals surface area contributed by atoms with Crippen molar-refractivity contribution >= 4 is 28.2 Å². The molecule has 0 saturated carbocycles. The molecule has 6 nitrogen and oxygen atoms in total. The highest BCUT2D eigenvalue weighted by atomic mass is 32.1. The molecule has 0 spiro atoms. The first kappa shape index (κ1) is 15.9. The number of nitrogens with two attached hydrogens (primary N) is 2. The minimum absolute atomic E-state index is 0.120. The second kappa shape index (κ2) is 7.02. The normalized spacial score (nSPS) is 23.0. The molecule has 1 aliphatic heterocycles. The number of hydrogen-bond acceptors (Lipinski definition) is 5. The maximum absolute atomic E-state index is 12.1. The first-order valence-electron chi connectivity index (χ1n) is 7.10. The molecule has 1 aliphatic rings. The first-order chi connectivity index (χ1) is 10.0. The molecule has 1 saturated heterocycles. The molecule has 116 valence electrons. The summed E-state index contributed by atoms with van der Waals surface area (Å²) in [5.41, 5.74) is 11.4. The SMILES string of the molecule is CC1CCN(CC(=O)Nc2sccc2C(N)=O)CC1CN. The zero-order valence-corrected chi connectivity index (χ0v) is 13.0. The lowest BCUT2D eigenvalue weighted by Gasteiger charge is -2.36. The zero-order valence-electron chi connectivity index (χ0n) is 12.2. The number of carbonyl (C=O) groups excluding carboxylic acids is 2. The van der Waals surface area contributed by atoms with Gasteiger partial charge in [0.15, 0.2) is 0 Å². The Morgan fingerprint density at radius 2 is 2.29 bits per heavy atom. The van der Waals surface area contributed by atoms with E-state index in [4.69, 9.17) is 11.5 Å². The van der Waals surface area contributed by atoms with Crippen LogP contribution in [-0.2, 0) is 4.79 Å². The third kappa shape index (κ3) is 4.03. The van der Waals surface area contributed by atoms with Gasteiger partial charge in [0.25, 0.3) is 5.91 Å². The first-order valence-corrected chi connectivity index (χ1v) is 7.98. The Balaban J connectivity index is 1.90. The number of primary amides is 1. The molecule has 0 bridgehead atoms. The van der Waals surface area contributed by atoms with Crippen LogP contribution < -0.4 is 16.8 Å². The Morgan fingerprint density at radius 3 is 2.95 bits per heavy atom. The smallest absolute Gasteiger partial charge is 0.251 e. The molecule has 1 fully saturated rings. The number of hydrogen-bond donors (Lipinski definition) is 3. The summed E-state index contributed by atoms with van der Waals surface area (Å²) < 4.78 is 0. The van der Waals surface area contributed by atoms with Crippen LogP contribution in [0.15, 0.2) is 11.4 Å². The molecule has 7 heteroatoms. The highest BCUT2D eigenvalue weighted by Gasteiger charge is 2.26. The van der Waals surface area contributed by atoms with Crippen LogP contribution in [0.2, 0.25) is 0 Å². The Kier molecular flexibility index (Phi) is 5.33. The molecule has 2 rings (SSSR count). The molecule has 1 aromatic heterocycles. The molecule has 0 aliphatic carbocycles. The van der Waals surface area contributed by atoms with E-state index in [1.807, 2.05) is 0 Å². The van der Waals surface area contributed by atoms with E-state index in [0.29, 0.717) is 35.5 Å². The van der Waals surface area contributed by atoms with Gasteiger partial charge in [0.2, 0.25) is 5.91 Å². The number of amides is 2. The molecule has 5 N–H and O–H groups in total. The van der Waals surface area contributed by atoms with Crippen LogP contribution in [0.3, 0.4) is 0 Å². The standard InChI is InChI=1S/C14H22N4O2S/c1-9-2-4-18(7-10(9)6-15)8-12(19)17-14-11(13(16)20)3-5-21-14/h3,5,9-10H,2,4,6-8,15H2,1H3,(H2,16,20)(H,17,19). The second-order valence-corrected chi connectivity index (χ2v) is 6.49. The van der Waals surface area contributed by atoms with Crippen LogP contribution in [0.5, 0.6) is 0 Å². The second-order valence-electron chi connectivity index (χ2n) is 5.57. The molecule has 0 radical (unpaired) electrons. The van der Waals surface area contributed by atoms with Gasteiger partial charge in [-0.2, -0.15) is 0 Å². The zero-order chi connectivity index (χ0) is 15.4. The minimum atomic E-state index is -0.526. The van der Waals surface area contributed by atoms with E-state index in [1.165, 1.54) is 11.3 Å². The minimum Gasteiger partial charge on any atom is -0.366 e. The molecule has 2 atom stereocenters. The molecular weight excluding hydrogens is 288 g/mol. The molecule has 2 unspecified atom stereocenters. The van der Waals surface area contributed by atoms with Crippen molar-refractivity contribution in [2.24, 2.45) is 23.3 Å². The summed E-state index contributed by atoms with van der Waals surface area (Å²) in [6, 6.07) is 1.62. The topological polar surface area (TPSA) is 101 Å². The molecule has 2 amide bonds. The van der Waals surface area contributed by atoms with Crippen molar-refractivity contribution in [2.45, 2.75) is 13.3 Å². The summed E-state index contributed by atoms with van der Waals surface area (Å²) >= 11 is 1.30. The van der Waals surface area contributed by atoms with Gasteiger partial charge >= 0.3 is 0 Å². The van der Waals surface area contributed by atoms with Crippen LogP contribution in [0.4, 0.5) is 5.00 Å². The van der Waals surface area contributed by atoms with Gasteiger partial charge in [-0.05, 0) is 42.8 Å². The van der Waals surface area contributed by atoms with Gasteiger partial charge in [-0.3, -0.25) is 14.5 Å². The highest BCUT2D eigenvalue weighted by molar-refractivity contribution is 7.14. The molecular formula is C14H22N4O2S. The van der Waals surface area contributed by atoms with Gasteiger partial charge in [0, 0.05) is 6.54 Å². The average molecular weight is 310 g/mol. The van der Waals surface area contributed by atoms with E-state index in [0.717, 1.165) is 19.5 Å². The van der Waals surface area contributed by atoms with Crippen molar-refractivity contribution < 1.29 is 9.59 Å². The van der Waals surface area contributed by atoms with Crippen LogP contribution in [0.1, 0.15) is 23.7 Å². The van der Waals surface area contributed by atoms with Crippen LogP contribution in [0.25, 0.3) is 0 Å². The van der Waals surface area contributed by atoms with E-state index < -0.39 is 5.91 Å². The van der Waals surface area contributed by atoms with Gasteiger partial charge < -0.3 is 16.8 Å². The fraction of sp³-hybridized carbons (Fsp3) is 0.571. The van der Waals surface area contributed by atoms with Crippen LogP contribution >= 0.6 is 11.3 Å². The summed E-state index contributed by atoms with van der Waals surface area (Å²) in [7, 11) is 0. The lowest BCUT2D eigenvalue weighted by atomic mass is 9.87. The average Bonchev–Trinajstić information content (AvgIpc) is 2.89. The monoisotopic (exact) mass is 310 g/mol. The van der Waals surface area contributed by atoms with E-state index >= 15 is 0 Å². The largest absolute Gasteiger partial charge is 0.366 e. The number of nitrogens with zero attached hydrogens (tertiary/aromatic N) is 1. The van der Waals surface area contributed by atoms with Crippen molar-refractivity contribution in [3.63, 3.8) is 0 Å². The maximum Gasteiger partial charge on any atom is 0.251 e. The van der Waals surface area contributed by atoms with Crippen molar-refractivity contribution in [2.75, 3.05) is 31.5 Å². The summed E-state index contributed by atoms with van der Waals surface area (Å²) in [6.45, 7) is 4.92. The van der Waals surface area contributed by atoms with Crippen molar-refractivity contribution in [3.05, 3.63) is 17.0 Å². The van der Waals surface area contributed by atoms with E-state index in [9.17, 15) is 9.59 Å². The summed E-state index contributed by atoms with van der Waals surface area (Å²) in [5.74, 6) is 0.398. The number of piperidine rings is 1. The summed E-state index contributed by atoms with van der Waals surface area (Å²) in [5, 5.41) is 5.03. The highest BCUT2D eigenvalue weighted by Crippen LogP contribution is 2.24. The number of carbonyl (C=O) groups is 2. The predicted octanol–water partition coefficient (Wildman–Crippen LogP) is 0.702. The van der Waals surface area contributed by atoms with Crippen molar-refractivity contribution in [1.29, 1.82) is 0 Å². The Labute approximate surface area is 128 Å². The number of thiophene rings is 1. The molecule has 21 heavy (non-hydrogen) atoms. The van der Waals surface area contributed by atoms with Crippen molar-refractivity contribution in [3.8, 4) is 0 Å². The lowest BCUT2D eigenvalue weighted by Crippen LogP contribution is -2.45. The quantitative estimate of drug-likeness (QED) is 0.745. The summed E-state index contributed by atoms with van der Waals surface area (Å²) in [6.07, 6.45) is 1.06. The van der Waals surface area contributed by atoms with Gasteiger partial charge in [-0.15, -0.1) is 11.3 Å². The molecule has 1 aromatic rings. The van der Waals surface area contributed by atoms with Gasteiger partial charge in [-0.25, -0.2) is 0 Å². The van der Waals surface area contributed by atoms with Crippen LogP contribution in [-0.4, -0.2) is 42.9 Å².